The molecule has 0 saturated heterocycles. The average molecular weight is 536 g/mol. The number of fused-ring (bicyclic) bond motifs is 4. The summed E-state index contributed by atoms with van der Waals surface area (Å²) in [5.74, 6) is 0.459. The summed E-state index contributed by atoms with van der Waals surface area (Å²) >= 11 is 6.63. The minimum atomic E-state index is -1.09. The van der Waals surface area contributed by atoms with E-state index >= 15 is 0 Å². The van der Waals surface area contributed by atoms with Gasteiger partial charge in [0.25, 0.3) is 5.56 Å². The summed E-state index contributed by atoms with van der Waals surface area (Å²) in [5, 5.41) is 14.8. The van der Waals surface area contributed by atoms with Crippen molar-refractivity contribution < 1.29 is 14.2 Å². The summed E-state index contributed by atoms with van der Waals surface area (Å²) in [4.78, 5) is 22.5. The Morgan fingerprint density at radius 2 is 1.92 bits per heavy atom. The van der Waals surface area contributed by atoms with Crippen LogP contribution in [0.2, 0.25) is 5.02 Å². The van der Waals surface area contributed by atoms with E-state index in [4.69, 9.17) is 16.3 Å². The molecule has 0 amide bonds. The highest BCUT2D eigenvalue weighted by molar-refractivity contribution is 6.31. The fourth-order valence-electron chi connectivity index (χ4n) is 5.21. The topological polar surface area (TPSA) is 95.1 Å². The predicted molar refractivity (Wildman–Crippen MR) is 140 cm³/mol. The van der Waals surface area contributed by atoms with E-state index in [9.17, 15) is 14.3 Å². The molecule has 5 heterocycles. The molecular weight excluding hydrogens is 509 g/mol. The lowest BCUT2D eigenvalue weighted by Crippen LogP contribution is -2.26. The third kappa shape index (κ3) is 4.39. The van der Waals surface area contributed by atoms with Crippen LogP contribution in [0.5, 0.6) is 5.75 Å². The number of rotatable bonds is 4. The Morgan fingerprint density at radius 3 is 2.71 bits per heavy atom. The Hall–Kier alpha value is -3.56. The summed E-state index contributed by atoms with van der Waals surface area (Å²) in [6, 6.07) is 6.88. The molecule has 10 heteroatoms. The van der Waals surface area contributed by atoms with E-state index < -0.39 is 11.7 Å². The van der Waals surface area contributed by atoms with Crippen LogP contribution in [0.3, 0.4) is 0 Å². The molecule has 2 aliphatic rings. The monoisotopic (exact) mass is 535 g/mol. The maximum atomic E-state index is 13.7. The summed E-state index contributed by atoms with van der Waals surface area (Å²) in [6.45, 7) is 3.34. The first-order chi connectivity index (χ1) is 18.2. The third-order valence-electron chi connectivity index (χ3n) is 7.18. The van der Waals surface area contributed by atoms with E-state index in [1.165, 1.54) is 12.3 Å². The number of aromatic nitrogens is 5. The van der Waals surface area contributed by atoms with Crippen LogP contribution < -0.4 is 10.3 Å². The molecule has 38 heavy (non-hydrogen) atoms. The van der Waals surface area contributed by atoms with Gasteiger partial charge in [-0.3, -0.25) is 14.3 Å². The molecule has 0 bridgehead atoms. The quantitative estimate of drug-likeness (QED) is 0.404. The number of nitrogens with zero attached hydrogens (tertiary/aromatic N) is 5. The maximum Gasteiger partial charge on any atom is 0.277 e. The van der Waals surface area contributed by atoms with E-state index in [1.54, 1.807) is 41.6 Å². The third-order valence-corrected chi connectivity index (χ3v) is 7.53. The first-order valence-corrected chi connectivity index (χ1v) is 13.1. The first kappa shape index (κ1) is 24.8. The van der Waals surface area contributed by atoms with Crippen molar-refractivity contribution in [2.24, 2.45) is 0 Å². The Kier molecular flexibility index (Phi) is 6.07. The maximum absolute atomic E-state index is 13.7. The molecule has 4 aromatic heterocycles. The van der Waals surface area contributed by atoms with Crippen molar-refractivity contribution in [2.45, 2.75) is 64.1 Å². The second-order valence-corrected chi connectivity index (χ2v) is 10.8. The molecule has 8 nitrogen and oxygen atoms in total. The van der Waals surface area contributed by atoms with Crippen LogP contribution in [0.25, 0.3) is 11.5 Å². The molecule has 196 valence electrons. The van der Waals surface area contributed by atoms with Gasteiger partial charge in [0.15, 0.2) is 5.82 Å². The lowest BCUT2D eigenvalue weighted by Gasteiger charge is -2.23. The van der Waals surface area contributed by atoms with Gasteiger partial charge in [0.2, 0.25) is 0 Å². The Morgan fingerprint density at radius 1 is 1.11 bits per heavy atom. The van der Waals surface area contributed by atoms with Gasteiger partial charge in [0, 0.05) is 30.2 Å². The highest BCUT2D eigenvalue weighted by Crippen LogP contribution is 2.37. The van der Waals surface area contributed by atoms with Crippen LogP contribution in [0.15, 0.2) is 47.7 Å². The summed E-state index contributed by atoms with van der Waals surface area (Å²) < 4.78 is 23.1. The van der Waals surface area contributed by atoms with Crippen molar-refractivity contribution in [1.29, 1.82) is 0 Å². The van der Waals surface area contributed by atoms with Gasteiger partial charge >= 0.3 is 0 Å². The number of hydrogen-bond acceptors (Lipinski definition) is 6. The zero-order chi connectivity index (χ0) is 26.6. The van der Waals surface area contributed by atoms with E-state index in [2.05, 4.69) is 15.1 Å². The first-order valence-electron chi connectivity index (χ1n) is 12.7. The molecule has 1 unspecified atom stereocenters. The van der Waals surface area contributed by atoms with Gasteiger partial charge in [-0.2, -0.15) is 5.10 Å². The van der Waals surface area contributed by atoms with Gasteiger partial charge in [0.05, 0.1) is 23.3 Å². The van der Waals surface area contributed by atoms with Crippen LogP contribution in [0, 0.1) is 5.82 Å². The smallest absolute Gasteiger partial charge is 0.277 e. The van der Waals surface area contributed by atoms with Crippen molar-refractivity contribution in [3.8, 4) is 17.3 Å². The molecule has 0 aromatic carbocycles. The molecule has 1 aliphatic carbocycles. The minimum Gasteiger partial charge on any atom is -0.482 e. The average Bonchev–Trinajstić information content (AvgIpc) is 3.51. The highest BCUT2D eigenvalue weighted by atomic mass is 35.5. The van der Waals surface area contributed by atoms with E-state index in [1.807, 2.05) is 12.1 Å². The fraction of sp³-hybridized carbons (Fsp3) is 0.357. The lowest BCUT2D eigenvalue weighted by molar-refractivity contribution is 0.0734. The lowest BCUT2D eigenvalue weighted by atomic mass is 10.0. The van der Waals surface area contributed by atoms with Crippen LogP contribution in [0.4, 0.5) is 4.39 Å². The molecular formula is C28H27ClFN5O3. The summed E-state index contributed by atoms with van der Waals surface area (Å²) in [7, 11) is 0. The van der Waals surface area contributed by atoms with Crippen molar-refractivity contribution >= 4 is 11.6 Å². The number of halogens is 2. The number of ether oxygens (including phenoxy) is 1. The van der Waals surface area contributed by atoms with Crippen molar-refractivity contribution in [3.05, 3.63) is 92.3 Å². The molecule has 1 N–H and O–H groups in total. The Bertz CT molecular complexity index is 1610. The van der Waals surface area contributed by atoms with Crippen molar-refractivity contribution in [1.82, 2.24) is 24.3 Å². The number of aliphatic hydroxyl groups is 1. The molecule has 0 spiro atoms. The van der Waals surface area contributed by atoms with Gasteiger partial charge in [-0.25, -0.2) is 14.1 Å². The highest BCUT2D eigenvalue weighted by Gasteiger charge is 2.29. The second kappa shape index (κ2) is 9.32. The normalized spacial score (nSPS) is 16.8. The fourth-order valence-corrected chi connectivity index (χ4v) is 5.39. The van der Waals surface area contributed by atoms with E-state index in [0.717, 1.165) is 36.1 Å². The molecule has 6 rings (SSSR count). The van der Waals surface area contributed by atoms with Gasteiger partial charge in [-0.05, 0) is 75.6 Å². The molecule has 0 radical (unpaired) electrons. The SMILES string of the molecule is CC(C)(O)c1ccn(-c2cc3c(cn2)CCCCc2cc(OC4CCc5cc(F)cnc54)c(Cl)c(=O)n2-3)n1. The van der Waals surface area contributed by atoms with Crippen LogP contribution >= 0.6 is 11.6 Å². The van der Waals surface area contributed by atoms with Gasteiger partial charge in [-0.1, -0.05) is 11.6 Å². The molecule has 1 aliphatic heterocycles. The van der Waals surface area contributed by atoms with Gasteiger partial charge in [-0.15, -0.1) is 0 Å². The van der Waals surface area contributed by atoms with Gasteiger partial charge in [0.1, 0.15) is 28.3 Å². The van der Waals surface area contributed by atoms with Crippen molar-refractivity contribution in [2.75, 3.05) is 0 Å². The molecule has 0 saturated carbocycles. The van der Waals surface area contributed by atoms with E-state index in [0.29, 0.717) is 47.9 Å². The van der Waals surface area contributed by atoms with E-state index in [-0.39, 0.29) is 16.4 Å². The van der Waals surface area contributed by atoms with Crippen LogP contribution in [-0.4, -0.2) is 29.4 Å². The largest absolute Gasteiger partial charge is 0.482 e. The molecule has 0 fully saturated rings. The number of aryl methyl sites for hydroxylation is 3. The standard InChI is InChI=1S/C28H27ClFN5O3/c1-28(2,37)23-9-10-34(33-23)24-13-20-17(14-31-24)5-3-4-6-19-12-22(25(29)27(36)35(19)20)38-21-8-7-16-11-18(30)15-32-26(16)21/h9-15,21,37H,3-8H2,1-2H3. The van der Waals surface area contributed by atoms with Gasteiger partial charge < -0.3 is 9.84 Å². The van der Waals surface area contributed by atoms with Crippen molar-refractivity contribution in [3.63, 3.8) is 0 Å². The Labute approximate surface area is 223 Å². The van der Waals surface area contributed by atoms with Crippen LogP contribution in [0.1, 0.15) is 67.4 Å². The zero-order valence-corrected chi connectivity index (χ0v) is 21.9. The summed E-state index contributed by atoms with van der Waals surface area (Å²) in [6.07, 6.45) is 8.87. The molecule has 4 aromatic rings. The number of pyridine rings is 3. The zero-order valence-electron chi connectivity index (χ0n) is 21.1. The predicted octanol–water partition coefficient (Wildman–Crippen LogP) is 4.78. The van der Waals surface area contributed by atoms with Crippen LogP contribution in [-0.2, 0) is 24.9 Å². The molecule has 1 atom stereocenters. The summed E-state index contributed by atoms with van der Waals surface area (Å²) in [5.41, 5.74) is 2.97. The Balaban J connectivity index is 1.41. The minimum absolute atomic E-state index is 0.0161. The number of hydrogen-bond donors (Lipinski definition) is 1. The second-order valence-electron chi connectivity index (χ2n) is 10.4.